The third-order valence-corrected chi connectivity index (χ3v) is 2.19. The lowest BCUT2D eigenvalue weighted by atomic mass is 10.1. The zero-order chi connectivity index (χ0) is 8.10. The summed E-state index contributed by atoms with van der Waals surface area (Å²) < 4.78 is 5.11. The van der Waals surface area contributed by atoms with Crippen LogP contribution in [0.25, 0.3) is 0 Å². The molecule has 0 spiro atoms. The van der Waals surface area contributed by atoms with Crippen molar-refractivity contribution in [1.82, 2.24) is 0 Å². The molecule has 0 aromatic rings. The topological polar surface area (TPSA) is 29.5 Å². The molecule has 0 aromatic carbocycles. The van der Waals surface area contributed by atoms with E-state index in [1.54, 1.807) is 6.08 Å². The molecule has 1 saturated carbocycles. The summed E-state index contributed by atoms with van der Waals surface area (Å²) >= 11 is 0. The minimum absolute atomic E-state index is 0.370. The van der Waals surface area contributed by atoms with Gasteiger partial charge in [0.2, 0.25) is 0 Å². The van der Waals surface area contributed by atoms with Crippen LogP contribution < -0.4 is 0 Å². The fraction of sp³-hybridized carbons (Fsp3) is 0.778. The molecule has 64 valence electrons. The van der Waals surface area contributed by atoms with E-state index in [-0.39, 0.29) is 0 Å². The molecule has 1 fully saturated rings. The summed E-state index contributed by atoms with van der Waals surface area (Å²) in [5, 5.41) is 9.41. The van der Waals surface area contributed by atoms with Crippen LogP contribution in [0, 0.1) is 5.92 Å². The SMILES string of the molecule is C=CCOC(O)C1CCCC1. The molecule has 11 heavy (non-hydrogen) atoms. The van der Waals surface area contributed by atoms with Crippen molar-refractivity contribution in [3.63, 3.8) is 0 Å². The summed E-state index contributed by atoms with van der Waals surface area (Å²) in [7, 11) is 0. The summed E-state index contributed by atoms with van der Waals surface area (Å²) in [6.07, 6.45) is 5.79. The molecular weight excluding hydrogens is 140 g/mol. The Morgan fingerprint density at radius 1 is 1.55 bits per heavy atom. The molecule has 1 aliphatic rings. The predicted octanol–water partition coefficient (Wildman–Crippen LogP) is 1.70. The van der Waals surface area contributed by atoms with Gasteiger partial charge in [0.05, 0.1) is 6.61 Å². The summed E-state index contributed by atoms with van der Waals surface area (Å²) in [6.45, 7) is 3.98. The van der Waals surface area contributed by atoms with E-state index in [0.29, 0.717) is 12.5 Å². The standard InChI is InChI=1S/C9H16O2/c1-2-7-11-9(10)8-5-3-4-6-8/h2,8-10H,1,3-7H2. The smallest absolute Gasteiger partial charge is 0.157 e. The van der Waals surface area contributed by atoms with Crippen LogP contribution in [0.2, 0.25) is 0 Å². The zero-order valence-corrected chi connectivity index (χ0v) is 6.83. The summed E-state index contributed by atoms with van der Waals surface area (Å²) in [5.74, 6) is 0.370. The van der Waals surface area contributed by atoms with Gasteiger partial charge in [-0.3, -0.25) is 0 Å². The van der Waals surface area contributed by atoms with E-state index in [1.807, 2.05) is 0 Å². The van der Waals surface area contributed by atoms with E-state index in [1.165, 1.54) is 12.8 Å². The van der Waals surface area contributed by atoms with Gasteiger partial charge in [0.1, 0.15) is 0 Å². The van der Waals surface area contributed by atoms with Crippen molar-refractivity contribution in [3.8, 4) is 0 Å². The van der Waals surface area contributed by atoms with Crippen molar-refractivity contribution >= 4 is 0 Å². The van der Waals surface area contributed by atoms with E-state index in [4.69, 9.17) is 4.74 Å². The van der Waals surface area contributed by atoms with Crippen LogP contribution >= 0.6 is 0 Å². The minimum atomic E-state index is -0.560. The molecule has 0 saturated heterocycles. The largest absolute Gasteiger partial charge is 0.368 e. The Kier molecular flexibility index (Phi) is 3.60. The Hall–Kier alpha value is -0.340. The number of hydrogen-bond acceptors (Lipinski definition) is 2. The van der Waals surface area contributed by atoms with Gasteiger partial charge in [0.25, 0.3) is 0 Å². The Balaban J connectivity index is 2.16. The molecule has 1 rings (SSSR count). The Morgan fingerprint density at radius 2 is 2.18 bits per heavy atom. The molecular formula is C9H16O2. The van der Waals surface area contributed by atoms with E-state index < -0.39 is 6.29 Å². The van der Waals surface area contributed by atoms with Crippen molar-refractivity contribution in [3.05, 3.63) is 12.7 Å². The van der Waals surface area contributed by atoms with Crippen LogP contribution in [0.15, 0.2) is 12.7 Å². The Morgan fingerprint density at radius 3 is 2.73 bits per heavy atom. The van der Waals surface area contributed by atoms with Gasteiger partial charge in [-0.2, -0.15) is 0 Å². The van der Waals surface area contributed by atoms with Gasteiger partial charge in [-0.15, -0.1) is 6.58 Å². The zero-order valence-electron chi connectivity index (χ0n) is 6.83. The summed E-state index contributed by atoms with van der Waals surface area (Å²) in [6, 6.07) is 0. The molecule has 0 aliphatic heterocycles. The average molecular weight is 156 g/mol. The highest BCUT2D eigenvalue weighted by molar-refractivity contribution is 4.71. The molecule has 2 heteroatoms. The highest BCUT2D eigenvalue weighted by atomic mass is 16.6. The maximum atomic E-state index is 9.41. The van der Waals surface area contributed by atoms with Gasteiger partial charge in [-0.05, 0) is 12.8 Å². The fourth-order valence-corrected chi connectivity index (χ4v) is 1.55. The average Bonchev–Trinajstić information content (AvgIpc) is 2.52. The van der Waals surface area contributed by atoms with Gasteiger partial charge < -0.3 is 9.84 Å². The lowest BCUT2D eigenvalue weighted by Gasteiger charge is -2.16. The molecule has 1 atom stereocenters. The molecule has 0 amide bonds. The quantitative estimate of drug-likeness (QED) is 0.496. The van der Waals surface area contributed by atoms with Crippen molar-refractivity contribution < 1.29 is 9.84 Å². The first-order valence-electron chi connectivity index (χ1n) is 4.25. The number of rotatable bonds is 4. The third kappa shape index (κ3) is 2.64. The maximum Gasteiger partial charge on any atom is 0.157 e. The van der Waals surface area contributed by atoms with Crippen molar-refractivity contribution in [2.45, 2.75) is 32.0 Å². The molecule has 1 N–H and O–H groups in total. The van der Waals surface area contributed by atoms with E-state index in [9.17, 15) is 5.11 Å². The highest BCUT2D eigenvalue weighted by Gasteiger charge is 2.22. The molecule has 0 heterocycles. The first-order chi connectivity index (χ1) is 5.34. The number of hydrogen-bond donors (Lipinski definition) is 1. The second-order valence-electron chi connectivity index (χ2n) is 3.06. The molecule has 0 radical (unpaired) electrons. The Bertz CT molecular complexity index is 117. The van der Waals surface area contributed by atoms with Crippen LogP contribution in [0.3, 0.4) is 0 Å². The van der Waals surface area contributed by atoms with E-state index >= 15 is 0 Å². The normalized spacial score (nSPS) is 21.9. The molecule has 1 aliphatic carbocycles. The first kappa shape index (κ1) is 8.75. The fourth-order valence-electron chi connectivity index (χ4n) is 1.55. The lowest BCUT2D eigenvalue weighted by Crippen LogP contribution is -2.21. The highest BCUT2D eigenvalue weighted by Crippen LogP contribution is 2.27. The van der Waals surface area contributed by atoms with Gasteiger partial charge >= 0.3 is 0 Å². The Labute approximate surface area is 67.9 Å². The minimum Gasteiger partial charge on any atom is -0.368 e. The maximum absolute atomic E-state index is 9.41. The first-order valence-corrected chi connectivity index (χ1v) is 4.25. The van der Waals surface area contributed by atoms with Crippen molar-refractivity contribution in [2.75, 3.05) is 6.61 Å². The van der Waals surface area contributed by atoms with Gasteiger partial charge in [-0.25, -0.2) is 0 Å². The van der Waals surface area contributed by atoms with Crippen LogP contribution in [-0.2, 0) is 4.74 Å². The van der Waals surface area contributed by atoms with Crippen molar-refractivity contribution in [2.24, 2.45) is 5.92 Å². The molecule has 2 nitrogen and oxygen atoms in total. The van der Waals surface area contributed by atoms with Gasteiger partial charge in [0.15, 0.2) is 6.29 Å². The number of aliphatic hydroxyl groups excluding tert-OH is 1. The lowest BCUT2D eigenvalue weighted by molar-refractivity contribution is -0.123. The van der Waals surface area contributed by atoms with Crippen LogP contribution in [0.1, 0.15) is 25.7 Å². The van der Waals surface area contributed by atoms with Crippen LogP contribution in [0.4, 0.5) is 0 Å². The van der Waals surface area contributed by atoms with Gasteiger partial charge in [-0.1, -0.05) is 18.9 Å². The van der Waals surface area contributed by atoms with Crippen LogP contribution in [0.5, 0.6) is 0 Å². The second-order valence-corrected chi connectivity index (χ2v) is 3.06. The number of aliphatic hydroxyl groups is 1. The third-order valence-electron chi connectivity index (χ3n) is 2.19. The van der Waals surface area contributed by atoms with Crippen molar-refractivity contribution in [1.29, 1.82) is 0 Å². The molecule has 1 unspecified atom stereocenters. The van der Waals surface area contributed by atoms with E-state index in [0.717, 1.165) is 12.8 Å². The van der Waals surface area contributed by atoms with E-state index in [2.05, 4.69) is 6.58 Å². The van der Waals surface area contributed by atoms with Gasteiger partial charge in [0, 0.05) is 5.92 Å². The summed E-state index contributed by atoms with van der Waals surface area (Å²) in [5.41, 5.74) is 0. The number of ether oxygens (including phenoxy) is 1. The summed E-state index contributed by atoms with van der Waals surface area (Å²) in [4.78, 5) is 0. The predicted molar refractivity (Wildman–Crippen MR) is 44.1 cm³/mol. The second kappa shape index (κ2) is 4.52. The molecule has 0 bridgehead atoms. The monoisotopic (exact) mass is 156 g/mol. The molecule has 0 aromatic heterocycles. The van der Waals surface area contributed by atoms with Crippen LogP contribution in [-0.4, -0.2) is 18.0 Å².